The lowest BCUT2D eigenvalue weighted by Crippen LogP contribution is -2.48. The van der Waals surface area contributed by atoms with E-state index in [0.717, 1.165) is 31.7 Å². The molecule has 0 bridgehead atoms. The predicted molar refractivity (Wildman–Crippen MR) is 75.9 cm³/mol. The first-order valence-corrected chi connectivity index (χ1v) is 7.24. The second kappa shape index (κ2) is 5.91. The molecule has 2 fully saturated rings. The van der Waals surface area contributed by atoms with E-state index in [0.29, 0.717) is 17.7 Å². The quantitative estimate of drug-likeness (QED) is 0.491. The third kappa shape index (κ3) is 2.57. The summed E-state index contributed by atoms with van der Waals surface area (Å²) in [4.78, 5) is 14.3. The fraction of sp³-hybridized carbons (Fsp3) is 0.533. The molecule has 0 aromatic heterocycles. The largest absolute Gasteiger partial charge is 0.375 e. The molecular weight excluding hydrogens is 254 g/mol. The Balaban J connectivity index is 1.78. The van der Waals surface area contributed by atoms with Gasteiger partial charge in [0, 0.05) is 24.7 Å². The van der Waals surface area contributed by atoms with Crippen molar-refractivity contribution in [2.45, 2.75) is 38.0 Å². The molecule has 1 saturated carbocycles. The van der Waals surface area contributed by atoms with Crippen LogP contribution in [0.5, 0.6) is 0 Å². The number of benzene rings is 1. The second-order valence-electron chi connectivity index (χ2n) is 5.51. The number of nitrogens with zero attached hydrogens (tertiary/aromatic N) is 1. The summed E-state index contributed by atoms with van der Waals surface area (Å²) in [5.41, 5.74) is 3.92. The monoisotopic (exact) mass is 275 g/mol. The van der Waals surface area contributed by atoms with Crippen molar-refractivity contribution < 1.29 is 9.53 Å². The van der Waals surface area contributed by atoms with E-state index in [9.17, 15) is 4.79 Å². The lowest BCUT2D eigenvalue weighted by Gasteiger charge is -2.37. The lowest BCUT2D eigenvalue weighted by atomic mass is 10.0. The van der Waals surface area contributed by atoms with Gasteiger partial charge in [0.05, 0.1) is 12.7 Å². The highest BCUT2D eigenvalue weighted by molar-refractivity contribution is 5.95. The first-order chi connectivity index (χ1) is 9.79. The van der Waals surface area contributed by atoms with Crippen molar-refractivity contribution >= 4 is 5.91 Å². The molecule has 108 valence electrons. The van der Waals surface area contributed by atoms with Crippen LogP contribution in [0.3, 0.4) is 0 Å². The molecule has 1 aliphatic heterocycles. The van der Waals surface area contributed by atoms with Crippen LogP contribution in [0.15, 0.2) is 24.3 Å². The van der Waals surface area contributed by atoms with Crippen molar-refractivity contribution in [2.75, 3.05) is 13.2 Å². The Bertz CT molecular complexity index is 492. The third-order valence-corrected chi connectivity index (χ3v) is 4.36. The van der Waals surface area contributed by atoms with Crippen LogP contribution in [0.25, 0.3) is 0 Å². The number of hydrogen-bond acceptors (Lipinski definition) is 4. The molecule has 0 spiro atoms. The smallest absolute Gasteiger partial charge is 0.265 e. The number of rotatable bonds is 3. The zero-order valence-corrected chi connectivity index (χ0v) is 11.5. The van der Waals surface area contributed by atoms with E-state index in [2.05, 4.69) is 10.3 Å². The maximum absolute atomic E-state index is 11.8. The summed E-state index contributed by atoms with van der Waals surface area (Å²) >= 11 is 0. The number of hydrogen-bond donors (Lipinski definition) is 2. The van der Waals surface area contributed by atoms with Gasteiger partial charge in [0.15, 0.2) is 0 Å². The molecule has 0 radical (unpaired) electrons. The standard InChI is InChI=1S/C15H21N3O2/c16-17-15(19)12-5-2-1-4-11(12)10-18-8-9-20-14-7-3-6-13(14)18/h1-2,4-5,13-14H,3,6-10,16H2,(H,17,19). The maximum Gasteiger partial charge on any atom is 0.265 e. The van der Waals surface area contributed by atoms with Gasteiger partial charge in [-0.25, -0.2) is 5.84 Å². The summed E-state index contributed by atoms with van der Waals surface area (Å²) in [5.74, 6) is 5.03. The highest BCUT2D eigenvalue weighted by Crippen LogP contribution is 2.30. The number of nitrogens with one attached hydrogen (secondary N) is 1. The predicted octanol–water partition coefficient (Wildman–Crippen LogP) is 1.04. The van der Waals surface area contributed by atoms with Gasteiger partial charge in [-0.3, -0.25) is 15.1 Å². The van der Waals surface area contributed by atoms with Gasteiger partial charge in [-0.1, -0.05) is 18.2 Å². The number of carbonyl (C=O) groups is 1. The van der Waals surface area contributed by atoms with Gasteiger partial charge in [-0.05, 0) is 30.9 Å². The molecule has 2 atom stereocenters. The molecule has 2 unspecified atom stereocenters. The minimum Gasteiger partial charge on any atom is -0.375 e. The molecule has 20 heavy (non-hydrogen) atoms. The van der Waals surface area contributed by atoms with E-state index in [1.165, 1.54) is 12.8 Å². The summed E-state index contributed by atoms with van der Waals surface area (Å²) < 4.78 is 5.83. The van der Waals surface area contributed by atoms with Gasteiger partial charge in [0.1, 0.15) is 0 Å². The molecule has 3 N–H and O–H groups in total. The van der Waals surface area contributed by atoms with Crippen LogP contribution in [-0.2, 0) is 11.3 Å². The van der Waals surface area contributed by atoms with Crippen LogP contribution in [0.2, 0.25) is 0 Å². The van der Waals surface area contributed by atoms with Gasteiger partial charge >= 0.3 is 0 Å². The van der Waals surface area contributed by atoms with Crippen LogP contribution < -0.4 is 11.3 Å². The molecule has 3 rings (SSSR count). The second-order valence-corrected chi connectivity index (χ2v) is 5.51. The minimum absolute atomic E-state index is 0.225. The van der Waals surface area contributed by atoms with Crippen LogP contribution >= 0.6 is 0 Å². The third-order valence-electron chi connectivity index (χ3n) is 4.36. The summed E-state index contributed by atoms with van der Waals surface area (Å²) in [6.45, 7) is 2.50. The fourth-order valence-corrected chi connectivity index (χ4v) is 3.38. The first kappa shape index (κ1) is 13.5. The number of morpholine rings is 1. The molecule has 1 amide bonds. The van der Waals surface area contributed by atoms with Crippen molar-refractivity contribution in [2.24, 2.45) is 5.84 Å². The average molecular weight is 275 g/mol. The van der Waals surface area contributed by atoms with Gasteiger partial charge in [0.2, 0.25) is 0 Å². The Kier molecular flexibility index (Phi) is 4.00. The van der Waals surface area contributed by atoms with Crippen LogP contribution in [0, 0.1) is 0 Å². The number of hydrazine groups is 1. The topological polar surface area (TPSA) is 67.6 Å². The number of nitrogens with two attached hydrogens (primary N) is 1. The summed E-state index contributed by atoms with van der Waals surface area (Å²) in [6.07, 6.45) is 3.96. The molecule has 1 aromatic rings. The van der Waals surface area contributed by atoms with Crippen LogP contribution in [0.1, 0.15) is 35.2 Å². The van der Waals surface area contributed by atoms with Crippen molar-refractivity contribution in [3.8, 4) is 0 Å². The van der Waals surface area contributed by atoms with E-state index in [1.807, 2.05) is 24.3 Å². The van der Waals surface area contributed by atoms with Gasteiger partial charge < -0.3 is 4.74 Å². The number of carbonyl (C=O) groups excluding carboxylic acids is 1. The normalized spacial score (nSPS) is 26.2. The Morgan fingerprint density at radius 2 is 2.25 bits per heavy atom. The zero-order chi connectivity index (χ0) is 13.9. The Morgan fingerprint density at radius 1 is 1.40 bits per heavy atom. The number of amides is 1. The Labute approximate surface area is 119 Å². The summed E-state index contributed by atoms with van der Waals surface area (Å²) in [5, 5.41) is 0. The zero-order valence-electron chi connectivity index (χ0n) is 11.5. The van der Waals surface area contributed by atoms with Gasteiger partial charge in [-0.2, -0.15) is 0 Å². The van der Waals surface area contributed by atoms with Crippen molar-refractivity contribution in [3.05, 3.63) is 35.4 Å². The first-order valence-electron chi connectivity index (χ1n) is 7.24. The average Bonchev–Trinajstić information content (AvgIpc) is 2.96. The van der Waals surface area contributed by atoms with E-state index in [-0.39, 0.29) is 5.91 Å². The number of ether oxygens (including phenoxy) is 1. The molecule has 1 aliphatic carbocycles. The number of nitrogen functional groups attached to an aromatic ring is 1. The minimum atomic E-state index is -0.225. The molecular formula is C15H21N3O2. The summed E-state index contributed by atoms with van der Waals surface area (Å²) in [7, 11) is 0. The van der Waals surface area contributed by atoms with Gasteiger partial charge in [-0.15, -0.1) is 0 Å². The maximum atomic E-state index is 11.8. The van der Waals surface area contributed by atoms with E-state index in [1.54, 1.807) is 0 Å². The SMILES string of the molecule is NNC(=O)c1ccccc1CN1CCOC2CCCC21. The molecule has 1 saturated heterocycles. The Morgan fingerprint density at radius 3 is 3.10 bits per heavy atom. The van der Waals surface area contributed by atoms with Gasteiger partial charge in [0.25, 0.3) is 5.91 Å². The Hall–Kier alpha value is -1.43. The van der Waals surface area contributed by atoms with E-state index in [4.69, 9.17) is 10.6 Å². The van der Waals surface area contributed by atoms with E-state index >= 15 is 0 Å². The van der Waals surface area contributed by atoms with Crippen molar-refractivity contribution in [1.82, 2.24) is 10.3 Å². The molecule has 2 aliphatic rings. The van der Waals surface area contributed by atoms with Crippen LogP contribution in [0.4, 0.5) is 0 Å². The van der Waals surface area contributed by atoms with Crippen molar-refractivity contribution in [3.63, 3.8) is 0 Å². The van der Waals surface area contributed by atoms with Crippen LogP contribution in [-0.4, -0.2) is 36.1 Å². The molecule has 5 nitrogen and oxygen atoms in total. The lowest BCUT2D eigenvalue weighted by molar-refractivity contribution is -0.0588. The van der Waals surface area contributed by atoms with Crippen molar-refractivity contribution in [1.29, 1.82) is 0 Å². The molecule has 1 aromatic carbocycles. The van der Waals surface area contributed by atoms with E-state index < -0.39 is 0 Å². The fourth-order valence-electron chi connectivity index (χ4n) is 3.38. The number of fused-ring (bicyclic) bond motifs is 1. The summed E-state index contributed by atoms with van der Waals surface area (Å²) in [6, 6.07) is 8.16. The highest BCUT2D eigenvalue weighted by atomic mass is 16.5. The molecule has 1 heterocycles. The highest BCUT2D eigenvalue weighted by Gasteiger charge is 2.36. The molecule has 5 heteroatoms.